The number of benzene rings is 1. The third kappa shape index (κ3) is 4.34. The number of nitrogens with one attached hydrogen (secondary N) is 1. The number of carbonyl (C=O) groups is 1. The summed E-state index contributed by atoms with van der Waals surface area (Å²) in [4.78, 5) is 16.7. The minimum absolute atomic E-state index is 0.253. The Morgan fingerprint density at radius 2 is 2.00 bits per heavy atom. The molecule has 0 unspecified atom stereocenters. The third-order valence-corrected chi connectivity index (χ3v) is 5.08. The zero-order valence-electron chi connectivity index (χ0n) is 15.3. The van der Waals surface area contributed by atoms with Gasteiger partial charge in [-0.1, -0.05) is 29.8 Å². The summed E-state index contributed by atoms with van der Waals surface area (Å²) >= 11 is 6.18. The van der Waals surface area contributed by atoms with E-state index in [4.69, 9.17) is 16.3 Å². The molecule has 1 amide bonds. The van der Waals surface area contributed by atoms with Crippen LogP contribution < -0.4 is 10.1 Å². The summed E-state index contributed by atoms with van der Waals surface area (Å²) in [6.07, 6.45) is 8.37. The van der Waals surface area contributed by atoms with Gasteiger partial charge in [0.15, 0.2) is 5.69 Å². The quantitative estimate of drug-likeness (QED) is 0.678. The number of carbonyl (C=O) groups excluding carboxylic acids is 1. The Labute approximate surface area is 168 Å². The second-order valence-corrected chi connectivity index (χ2v) is 7.22. The fourth-order valence-electron chi connectivity index (χ4n) is 3.25. The smallest absolute Gasteiger partial charge is 0.272 e. The molecule has 1 fully saturated rings. The van der Waals surface area contributed by atoms with Crippen molar-refractivity contribution in [1.29, 1.82) is 0 Å². The summed E-state index contributed by atoms with van der Waals surface area (Å²) in [7, 11) is 0. The van der Waals surface area contributed by atoms with Crippen LogP contribution >= 0.6 is 11.6 Å². The first-order valence-electron chi connectivity index (χ1n) is 9.39. The van der Waals surface area contributed by atoms with Gasteiger partial charge in [0.2, 0.25) is 5.88 Å². The van der Waals surface area contributed by atoms with E-state index in [1.807, 2.05) is 30.3 Å². The van der Waals surface area contributed by atoms with Gasteiger partial charge < -0.3 is 10.1 Å². The lowest BCUT2D eigenvalue weighted by Crippen LogP contribution is -2.23. The first-order valence-corrected chi connectivity index (χ1v) is 9.77. The number of nitrogens with zero attached hydrogens (tertiary/aromatic N) is 3. The van der Waals surface area contributed by atoms with Gasteiger partial charge in [0.25, 0.3) is 5.91 Å². The predicted molar refractivity (Wildman–Crippen MR) is 107 cm³/mol. The molecule has 0 bridgehead atoms. The van der Waals surface area contributed by atoms with Crippen LogP contribution in [0.2, 0.25) is 5.02 Å². The van der Waals surface area contributed by atoms with Crippen molar-refractivity contribution in [2.75, 3.05) is 0 Å². The maximum atomic E-state index is 12.4. The molecule has 0 atom stereocenters. The Hall–Kier alpha value is -2.86. The van der Waals surface area contributed by atoms with Gasteiger partial charge in [0, 0.05) is 25.0 Å². The first-order chi connectivity index (χ1) is 13.7. The fraction of sp³-hybridized carbons (Fsp3) is 0.286. The van der Waals surface area contributed by atoms with Crippen LogP contribution in [0.25, 0.3) is 5.69 Å². The molecule has 28 heavy (non-hydrogen) atoms. The van der Waals surface area contributed by atoms with Gasteiger partial charge >= 0.3 is 0 Å². The van der Waals surface area contributed by atoms with E-state index < -0.39 is 0 Å². The molecule has 1 N–H and O–H groups in total. The number of halogens is 1. The van der Waals surface area contributed by atoms with E-state index in [9.17, 15) is 4.79 Å². The van der Waals surface area contributed by atoms with E-state index in [2.05, 4.69) is 15.4 Å². The van der Waals surface area contributed by atoms with Gasteiger partial charge in [0.1, 0.15) is 6.10 Å². The number of aromatic nitrogens is 3. The van der Waals surface area contributed by atoms with Crippen molar-refractivity contribution in [3.63, 3.8) is 0 Å². The van der Waals surface area contributed by atoms with Crippen LogP contribution in [0.4, 0.5) is 0 Å². The van der Waals surface area contributed by atoms with Crippen molar-refractivity contribution in [3.05, 3.63) is 71.1 Å². The molecule has 1 aliphatic carbocycles. The number of pyridine rings is 1. The number of rotatable bonds is 6. The molecular weight excluding hydrogens is 376 g/mol. The minimum Gasteiger partial charge on any atom is -0.474 e. The van der Waals surface area contributed by atoms with E-state index >= 15 is 0 Å². The highest BCUT2D eigenvalue weighted by Crippen LogP contribution is 2.23. The Bertz CT molecular complexity index is 949. The average molecular weight is 397 g/mol. The van der Waals surface area contributed by atoms with Crippen LogP contribution in [0.5, 0.6) is 5.88 Å². The molecule has 7 heteroatoms. The summed E-state index contributed by atoms with van der Waals surface area (Å²) in [6, 6.07) is 12.8. The van der Waals surface area contributed by atoms with Crippen LogP contribution in [0.15, 0.2) is 54.9 Å². The van der Waals surface area contributed by atoms with Crippen LogP contribution in [0, 0.1) is 0 Å². The molecule has 4 rings (SSSR count). The molecule has 1 saturated carbocycles. The van der Waals surface area contributed by atoms with Gasteiger partial charge in [0.05, 0.1) is 10.7 Å². The van der Waals surface area contributed by atoms with Crippen molar-refractivity contribution >= 4 is 17.5 Å². The van der Waals surface area contributed by atoms with Gasteiger partial charge in [-0.25, -0.2) is 9.67 Å². The molecule has 6 nitrogen and oxygen atoms in total. The lowest BCUT2D eigenvalue weighted by molar-refractivity contribution is 0.0945. The molecule has 2 heterocycles. The van der Waals surface area contributed by atoms with E-state index in [0.29, 0.717) is 23.1 Å². The van der Waals surface area contributed by atoms with Crippen LogP contribution in [0.3, 0.4) is 0 Å². The third-order valence-electron chi connectivity index (χ3n) is 4.76. The zero-order chi connectivity index (χ0) is 19.3. The Kier molecular flexibility index (Phi) is 5.58. The molecule has 2 aromatic heterocycles. The molecular formula is C21H21ClN4O2. The molecule has 0 saturated heterocycles. The molecule has 1 aliphatic rings. The topological polar surface area (TPSA) is 69.0 Å². The van der Waals surface area contributed by atoms with E-state index in [-0.39, 0.29) is 12.0 Å². The monoisotopic (exact) mass is 396 g/mol. The first kappa shape index (κ1) is 18.5. The maximum Gasteiger partial charge on any atom is 0.272 e. The Morgan fingerprint density at radius 3 is 2.75 bits per heavy atom. The van der Waals surface area contributed by atoms with Crippen LogP contribution in [-0.4, -0.2) is 26.8 Å². The minimum atomic E-state index is -0.253. The van der Waals surface area contributed by atoms with Gasteiger partial charge in [-0.3, -0.25) is 4.79 Å². The molecule has 0 spiro atoms. The Morgan fingerprint density at radius 1 is 1.18 bits per heavy atom. The normalized spacial score (nSPS) is 14.2. The average Bonchev–Trinajstić information content (AvgIpc) is 3.40. The second-order valence-electron chi connectivity index (χ2n) is 6.81. The highest BCUT2D eigenvalue weighted by Gasteiger charge is 2.17. The molecule has 3 aromatic rings. The summed E-state index contributed by atoms with van der Waals surface area (Å²) < 4.78 is 7.45. The molecule has 0 radical (unpaired) electrons. The standard InChI is InChI=1S/C21H21ClN4O2/c22-17-7-3-4-8-19(17)26-12-11-18(25-26)21(27)24-14-15-9-10-20(23-13-15)28-16-5-1-2-6-16/h3-4,7-13,16H,1-2,5-6,14H2,(H,24,27). The van der Waals surface area contributed by atoms with Crippen molar-refractivity contribution < 1.29 is 9.53 Å². The second kappa shape index (κ2) is 8.44. The fourth-order valence-corrected chi connectivity index (χ4v) is 3.47. The van der Waals surface area contributed by atoms with E-state index in [1.165, 1.54) is 12.8 Å². The number of amides is 1. The van der Waals surface area contributed by atoms with Gasteiger partial charge in [-0.05, 0) is 49.4 Å². The van der Waals surface area contributed by atoms with Gasteiger partial charge in [-0.2, -0.15) is 5.10 Å². The molecule has 144 valence electrons. The maximum absolute atomic E-state index is 12.4. The zero-order valence-corrected chi connectivity index (χ0v) is 16.1. The van der Waals surface area contributed by atoms with Crippen molar-refractivity contribution in [1.82, 2.24) is 20.1 Å². The SMILES string of the molecule is O=C(NCc1ccc(OC2CCCC2)nc1)c1ccn(-c2ccccc2Cl)n1. The summed E-state index contributed by atoms with van der Waals surface area (Å²) in [5, 5.41) is 7.74. The highest BCUT2D eigenvalue weighted by atomic mass is 35.5. The summed E-state index contributed by atoms with van der Waals surface area (Å²) in [5.41, 5.74) is 1.96. The Balaban J connectivity index is 1.33. The number of hydrogen-bond acceptors (Lipinski definition) is 4. The predicted octanol–water partition coefficient (Wildman–Crippen LogP) is 4.17. The van der Waals surface area contributed by atoms with E-state index in [1.54, 1.807) is 29.2 Å². The van der Waals surface area contributed by atoms with Crippen LogP contribution in [-0.2, 0) is 6.54 Å². The summed E-state index contributed by atoms with van der Waals surface area (Å²) in [5.74, 6) is 0.387. The largest absolute Gasteiger partial charge is 0.474 e. The highest BCUT2D eigenvalue weighted by molar-refractivity contribution is 6.32. The lowest BCUT2D eigenvalue weighted by Gasteiger charge is -2.12. The van der Waals surface area contributed by atoms with Crippen molar-refractivity contribution in [3.8, 4) is 11.6 Å². The van der Waals surface area contributed by atoms with Gasteiger partial charge in [-0.15, -0.1) is 0 Å². The molecule has 0 aliphatic heterocycles. The lowest BCUT2D eigenvalue weighted by atomic mass is 10.2. The molecule has 1 aromatic carbocycles. The van der Waals surface area contributed by atoms with Crippen LogP contribution in [0.1, 0.15) is 41.7 Å². The van der Waals surface area contributed by atoms with E-state index in [0.717, 1.165) is 24.1 Å². The number of hydrogen-bond donors (Lipinski definition) is 1. The van der Waals surface area contributed by atoms with Crippen molar-refractivity contribution in [2.45, 2.75) is 38.3 Å². The number of para-hydroxylation sites is 1. The summed E-state index contributed by atoms with van der Waals surface area (Å²) in [6.45, 7) is 0.370. The number of ether oxygens (including phenoxy) is 1. The van der Waals surface area contributed by atoms with Crippen molar-refractivity contribution in [2.24, 2.45) is 0 Å².